The molecule has 1 aromatic rings. The van der Waals surface area contributed by atoms with Crippen molar-refractivity contribution in [2.24, 2.45) is 0 Å². The zero-order valence-corrected chi connectivity index (χ0v) is 11.5. The number of aliphatic hydroxyl groups excluding tert-OH is 1. The highest BCUT2D eigenvalue weighted by atomic mass is 32.2. The Labute approximate surface area is 112 Å². The normalized spacial score (nSPS) is 21.3. The first-order valence-corrected chi connectivity index (χ1v) is 7.38. The number of sulfonamides is 1. The molecule has 0 saturated carbocycles. The third-order valence-electron chi connectivity index (χ3n) is 3.04. The SMILES string of the molecule is COc1ccccc1S(=O)(=O)N1CCOC[C@H]1CO. The topological polar surface area (TPSA) is 76.1 Å². The molecule has 1 N–H and O–H groups in total. The van der Waals surface area contributed by atoms with E-state index in [9.17, 15) is 13.5 Å². The Bertz CT molecular complexity index is 531. The molecule has 0 aliphatic carbocycles. The Morgan fingerprint density at radius 2 is 2.21 bits per heavy atom. The van der Waals surface area contributed by atoms with Crippen molar-refractivity contribution in [3.8, 4) is 5.75 Å². The van der Waals surface area contributed by atoms with Gasteiger partial charge in [-0.2, -0.15) is 4.31 Å². The van der Waals surface area contributed by atoms with Crippen LogP contribution in [-0.4, -0.2) is 57.3 Å². The molecule has 0 radical (unpaired) electrons. The van der Waals surface area contributed by atoms with Crippen molar-refractivity contribution in [3.63, 3.8) is 0 Å². The van der Waals surface area contributed by atoms with Gasteiger partial charge in [0.25, 0.3) is 0 Å². The van der Waals surface area contributed by atoms with Gasteiger partial charge in [-0.1, -0.05) is 12.1 Å². The number of aliphatic hydroxyl groups is 1. The molecular formula is C12H17NO5S. The molecule has 0 spiro atoms. The molecule has 6 nitrogen and oxygen atoms in total. The molecule has 1 atom stereocenters. The van der Waals surface area contributed by atoms with Crippen molar-refractivity contribution in [3.05, 3.63) is 24.3 Å². The van der Waals surface area contributed by atoms with Crippen LogP contribution in [0.15, 0.2) is 29.2 Å². The Morgan fingerprint density at radius 3 is 2.89 bits per heavy atom. The number of hydrogen-bond donors (Lipinski definition) is 1. The van der Waals surface area contributed by atoms with E-state index in [1.54, 1.807) is 18.2 Å². The summed E-state index contributed by atoms with van der Waals surface area (Å²) < 4.78 is 36.8. The largest absolute Gasteiger partial charge is 0.495 e. The van der Waals surface area contributed by atoms with Crippen molar-refractivity contribution in [2.45, 2.75) is 10.9 Å². The van der Waals surface area contributed by atoms with Gasteiger partial charge >= 0.3 is 0 Å². The van der Waals surface area contributed by atoms with E-state index < -0.39 is 16.1 Å². The second-order valence-electron chi connectivity index (χ2n) is 4.18. The summed E-state index contributed by atoms with van der Waals surface area (Å²) in [5, 5.41) is 9.28. The van der Waals surface area contributed by atoms with Gasteiger partial charge in [-0.3, -0.25) is 0 Å². The number of para-hydroxylation sites is 1. The van der Waals surface area contributed by atoms with E-state index in [0.717, 1.165) is 0 Å². The average Bonchev–Trinajstić information content (AvgIpc) is 2.47. The minimum atomic E-state index is -3.70. The molecule has 0 amide bonds. The molecule has 0 unspecified atom stereocenters. The first kappa shape index (κ1) is 14.3. The average molecular weight is 287 g/mol. The highest BCUT2D eigenvalue weighted by molar-refractivity contribution is 7.89. The van der Waals surface area contributed by atoms with Crippen molar-refractivity contribution in [1.82, 2.24) is 4.31 Å². The molecule has 1 aliphatic rings. The third-order valence-corrected chi connectivity index (χ3v) is 5.03. The fourth-order valence-corrected chi connectivity index (χ4v) is 3.80. The summed E-state index contributed by atoms with van der Waals surface area (Å²) in [7, 11) is -2.27. The van der Waals surface area contributed by atoms with Crippen LogP contribution in [0.5, 0.6) is 5.75 Å². The van der Waals surface area contributed by atoms with E-state index in [4.69, 9.17) is 9.47 Å². The van der Waals surface area contributed by atoms with E-state index in [-0.39, 0.29) is 24.7 Å². The van der Waals surface area contributed by atoms with E-state index in [2.05, 4.69) is 0 Å². The lowest BCUT2D eigenvalue weighted by Gasteiger charge is -2.33. The Balaban J connectivity index is 2.40. The van der Waals surface area contributed by atoms with Crippen LogP contribution < -0.4 is 4.74 Å². The summed E-state index contributed by atoms with van der Waals surface area (Å²) in [5.41, 5.74) is 0. The summed E-state index contributed by atoms with van der Waals surface area (Å²) in [6.07, 6.45) is 0. The van der Waals surface area contributed by atoms with Gasteiger partial charge in [-0.05, 0) is 12.1 Å². The number of rotatable bonds is 4. The zero-order chi connectivity index (χ0) is 13.9. The van der Waals surface area contributed by atoms with Gasteiger partial charge in [-0.15, -0.1) is 0 Å². The van der Waals surface area contributed by atoms with Crippen molar-refractivity contribution < 1.29 is 23.0 Å². The van der Waals surface area contributed by atoms with E-state index >= 15 is 0 Å². The molecule has 7 heteroatoms. The predicted octanol–water partition coefficient (Wildman–Crippen LogP) is 0.0770. The summed E-state index contributed by atoms with van der Waals surface area (Å²) in [5.74, 6) is 0.297. The molecule has 1 saturated heterocycles. The summed E-state index contributed by atoms with van der Waals surface area (Å²) in [6.45, 7) is 0.482. The fourth-order valence-electron chi connectivity index (χ4n) is 2.06. The van der Waals surface area contributed by atoms with Crippen molar-refractivity contribution in [1.29, 1.82) is 0 Å². The van der Waals surface area contributed by atoms with E-state index in [1.165, 1.54) is 17.5 Å². The van der Waals surface area contributed by atoms with Gasteiger partial charge in [0.1, 0.15) is 10.6 Å². The molecule has 1 aliphatic heterocycles. The monoisotopic (exact) mass is 287 g/mol. The van der Waals surface area contributed by atoms with Crippen molar-refractivity contribution >= 4 is 10.0 Å². The van der Waals surface area contributed by atoms with E-state index in [0.29, 0.717) is 12.4 Å². The number of hydrogen-bond acceptors (Lipinski definition) is 5. The second kappa shape index (κ2) is 5.87. The first-order valence-electron chi connectivity index (χ1n) is 5.94. The van der Waals surface area contributed by atoms with Crippen LogP contribution in [0, 0.1) is 0 Å². The molecule has 1 heterocycles. The Morgan fingerprint density at radius 1 is 1.47 bits per heavy atom. The number of methoxy groups -OCH3 is 1. The van der Waals surface area contributed by atoms with Crippen LogP contribution in [0.4, 0.5) is 0 Å². The second-order valence-corrected chi connectivity index (χ2v) is 6.04. The minimum absolute atomic E-state index is 0.109. The lowest BCUT2D eigenvalue weighted by atomic mass is 10.3. The molecular weight excluding hydrogens is 270 g/mol. The first-order chi connectivity index (χ1) is 9.11. The van der Waals surface area contributed by atoms with Crippen LogP contribution in [0.25, 0.3) is 0 Å². The predicted molar refractivity (Wildman–Crippen MR) is 68.6 cm³/mol. The Kier molecular flexibility index (Phi) is 4.41. The highest BCUT2D eigenvalue weighted by Gasteiger charge is 2.35. The maximum Gasteiger partial charge on any atom is 0.247 e. The standard InChI is InChI=1S/C12H17NO5S/c1-17-11-4-2-3-5-12(11)19(15,16)13-6-7-18-9-10(13)8-14/h2-5,10,14H,6-9H2,1H3/t10-/m1/s1. The molecule has 1 fully saturated rings. The van der Waals surface area contributed by atoms with Gasteiger partial charge in [0.05, 0.1) is 33.0 Å². The van der Waals surface area contributed by atoms with Crippen LogP contribution in [0.3, 0.4) is 0 Å². The van der Waals surface area contributed by atoms with Gasteiger partial charge in [0.2, 0.25) is 10.0 Å². The molecule has 2 rings (SSSR count). The number of ether oxygens (including phenoxy) is 2. The molecule has 0 bridgehead atoms. The van der Waals surface area contributed by atoms with Crippen LogP contribution in [-0.2, 0) is 14.8 Å². The number of benzene rings is 1. The van der Waals surface area contributed by atoms with Crippen LogP contribution in [0.1, 0.15) is 0 Å². The summed E-state index contributed by atoms with van der Waals surface area (Å²) >= 11 is 0. The fraction of sp³-hybridized carbons (Fsp3) is 0.500. The van der Waals surface area contributed by atoms with Crippen molar-refractivity contribution in [2.75, 3.05) is 33.5 Å². The Hall–Kier alpha value is -1.15. The highest BCUT2D eigenvalue weighted by Crippen LogP contribution is 2.28. The molecule has 1 aromatic carbocycles. The van der Waals surface area contributed by atoms with E-state index in [1.807, 2.05) is 0 Å². The molecule has 0 aromatic heterocycles. The smallest absolute Gasteiger partial charge is 0.247 e. The van der Waals surface area contributed by atoms with Gasteiger partial charge < -0.3 is 14.6 Å². The van der Waals surface area contributed by atoms with Gasteiger partial charge in [-0.25, -0.2) is 8.42 Å². The maximum atomic E-state index is 12.6. The van der Waals surface area contributed by atoms with Gasteiger partial charge in [0, 0.05) is 6.54 Å². The molecule has 19 heavy (non-hydrogen) atoms. The van der Waals surface area contributed by atoms with Crippen LogP contribution in [0.2, 0.25) is 0 Å². The quantitative estimate of drug-likeness (QED) is 0.848. The summed E-state index contributed by atoms with van der Waals surface area (Å²) in [6, 6.07) is 5.90. The lowest BCUT2D eigenvalue weighted by molar-refractivity contribution is 0.0108. The van der Waals surface area contributed by atoms with Gasteiger partial charge in [0.15, 0.2) is 0 Å². The zero-order valence-electron chi connectivity index (χ0n) is 10.7. The number of morpholine rings is 1. The molecule has 106 valence electrons. The third kappa shape index (κ3) is 2.74. The number of nitrogens with zero attached hydrogens (tertiary/aromatic N) is 1. The lowest BCUT2D eigenvalue weighted by Crippen LogP contribution is -2.50. The van der Waals surface area contributed by atoms with Crippen LogP contribution >= 0.6 is 0 Å². The maximum absolute atomic E-state index is 12.6. The minimum Gasteiger partial charge on any atom is -0.495 e. The summed E-state index contributed by atoms with van der Waals surface area (Å²) in [4.78, 5) is 0.109.